The van der Waals surface area contributed by atoms with Crippen LogP contribution in [0.3, 0.4) is 0 Å². The van der Waals surface area contributed by atoms with Crippen LogP contribution in [-0.4, -0.2) is 72.3 Å². The molecule has 2 atom stereocenters. The van der Waals surface area contributed by atoms with E-state index in [0.29, 0.717) is 39.3 Å². The number of nitrogens with two attached hydrogens (primary N) is 1. The van der Waals surface area contributed by atoms with E-state index in [0.717, 1.165) is 0 Å². The third kappa shape index (κ3) is 4.07. The number of nitrogens with zero attached hydrogens (tertiary/aromatic N) is 2. The van der Waals surface area contributed by atoms with Gasteiger partial charge < -0.3 is 20.1 Å². The second kappa shape index (κ2) is 6.19. The van der Waals surface area contributed by atoms with E-state index in [1.807, 2.05) is 0 Å². The maximum Gasteiger partial charge on any atom is 0.411 e. The van der Waals surface area contributed by atoms with E-state index in [9.17, 15) is 9.59 Å². The molecule has 2 rings (SSSR count). The normalized spacial score (nSPS) is 26.9. The van der Waals surface area contributed by atoms with Crippen molar-refractivity contribution in [1.29, 1.82) is 0 Å². The first kappa shape index (κ1) is 16.0. The summed E-state index contributed by atoms with van der Waals surface area (Å²) >= 11 is 0. The highest BCUT2D eigenvalue weighted by molar-refractivity contribution is 5.86. The molecule has 0 radical (unpaired) electrons. The molecular weight excluding hydrogens is 274 g/mol. The van der Waals surface area contributed by atoms with Crippen LogP contribution in [0.5, 0.6) is 0 Å². The minimum atomic E-state index is -0.587. The molecule has 0 spiro atoms. The highest BCUT2D eigenvalue weighted by atomic mass is 16.6. The molecule has 2 N–H and O–H groups in total. The van der Waals surface area contributed by atoms with Gasteiger partial charge in [-0.2, -0.15) is 0 Å². The molecule has 2 aliphatic heterocycles. The number of hydrogen-bond donors (Lipinski definition) is 1. The molecule has 2 saturated heterocycles. The summed E-state index contributed by atoms with van der Waals surface area (Å²) in [5.74, 6) is -0.0582. The van der Waals surface area contributed by atoms with E-state index < -0.39 is 17.7 Å². The van der Waals surface area contributed by atoms with Gasteiger partial charge >= 0.3 is 6.09 Å². The van der Waals surface area contributed by atoms with Crippen LogP contribution >= 0.6 is 0 Å². The Morgan fingerprint density at radius 2 is 1.86 bits per heavy atom. The lowest BCUT2D eigenvalue weighted by Gasteiger charge is -2.33. The Morgan fingerprint density at radius 1 is 1.24 bits per heavy atom. The molecule has 2 fully saturated rings. The van der Waals surface area contributed by atoms with E-state index >= 15 is 0 Å². The van der Waals surface area contributed by atoms with E-state index in [1.165, 1.54) is 4.90 Å². The smallest absolute Gasteiger partial charge is 0.411 e. The molecule has 0 saturated carbocycles. The molecule has 0 bridgehead atoms. The van der Waals surface area contributed by atoms with Gasteiger partial charge in [-0.3, -0.25) is 9.69 Å². The summed E-state index contributed by atoms with van der Waals surface area (Å²) in [5, 5.41) is 0. The number of hydrogen-bond acceptors (Lipinski definition) is 5. The van der Waals surface area contributed by atoms with Crippen LogP contribution in [-0.2, 0) is 14.3 Å². The number of likely N-dealkylation sites (tertiary alicyclic amines) is 1. The van der Waals surface area contributed by atoms with E-state index in [4.69, 9.17) is 15.2 Å². The average Bonchev–Trinajstić information content (AvgIpc) is 2.79. The minimum absolute atomic E-state index is 0.0582. The first-order valence-electron chi connectivity index (χ1n) is 7.39. The Hall–Kier alpha value is -1.34. The van der Waals surface area contributed by atoms with Crippen molar-refractivity contribution in [3.63, 3.8) is 0 Å². The summed E-state index contributed by atoms with van der Waals surface area (Å²) in [6.07, 6.45) is 0.0113. The minimum Gasteiger partial charge on any atom is -0.444 e. The van der Waals surface area contributed by atoms with Crippen LogP contribution in [0.2, 0.25) is 0 Å². The molecule has 0 unspecified atom stereocenters. The van der Waals surface area contributed by atoms with Crippen molar-refractivity contribution in [3.8, 4) is 0 Å². The van der Waals surface area contributed by atoms with Crippen LogP contribution in [0.1, 0.15) is 27.2 Å². The highest BCUT2D eigenvalue weighted by Gasteiger charge is 2.42. The topological polar surface area (TPSA) is 85.1 Å². The number of ether oxygens (including phenoxy) is 2. The van der Waals surface area contributed by atoms with Crippen molar-refractivity contribution in [2.75, 3.05) is 32.8 Å². The van der Waals surface area contributed by atoms with Gasteiger partial charge in [0.2, 0.25) is 5.91 Å². The SMILES string of the molecule is CC(C)(C)OC(=O)N1C[C@@H](N)C[C@H]1C(=O)N1CCOCC1. The van der Waals surface area contributed by atoms with Crippen LogP contribution in [0.25, 0.3) is 0 Å². The Balaban J connectivity index is 2.05. The molecule has 120 valence electrons. The summed E-state index contributed by atoms with van der Waals surface area (Å²) in [6, 6.07) is -0.708. The molecular formula is C14H25N3O4. The van der Waals surface area contributed by atoms with Gasteiger partial charge in [0.25, 0.3) is 0 Å². The van der Waals surface area contributed by atoms with Crippen molar-refractivity contribution in [3.05, 3.63) is 0 Å². The fourth-order valence-electron chi connectivity index (χ4n) is 2.62. The van der Waals surface area contributed by atoms with Gasteiger partial charge in [-0.15, -0.1) is 0 Å². The zero-order chi connectivity index (χ0) is 15.6. The lowest BCUT2D eigenvalue weighted by Crippen LogP contribution is -2.51. The lowest BCUT2D eigenvalue weighted by molar-refractivity contribution is -0.140. The maximum atomic E-state index is 12.6. The molecule has 0 aromatic rings. The van der Waals surface area contributed by atoms with Gasteiger partial charge in [0.05, 0.1) is 13.2 Å². The second-order valence-corrected chi connectivity index (χ2v) is 6.58. The third-order valence-corrected chi connectivity index (χ3v) is 3.57. The Morgan fingerprint density at radius 3 is 2.43 bits per heavy atom. The van der Waals surface area contributed by atoms with Crippen molar-refractivity contribution in [1.82, 2.24) is 9.80 Å². The van der Waals surface area contributed by atoms with E-state index in [-0.39, 0.29) is 11.9 Å². The van der Waals surface area contributed by atoms with Crippen molar-refractivity contribution in [2.24, 2.45) is 5.73 Å². The second-order valence-electron chi connectivity index (χ2n) is 6.58. The highest BCUT2D eigenvalue weighted by Crippen LogP contribution is 2.22. The Bertz CT molecular complexity index is 402. The monoisotopic (exact) mass is 299 g/mol. The van der Waals surface area contributed by atoms with Gasteiger partial charge in [-0.1, -0.05) is 0 Å². The molecule has 21 heavy (non-hydrogen) atoms. The molecule has 2 amide bonds. The van der Waals surface area contributed by atoms with Crippen molar-refractivity contribution in [2.45, 2.75) is 44.9 Å². The molecule has 0 aromatic carbocycles. The first-order chi connectivity index (χ1) is 9.78. The summed E-state index contributed by atoms with van der Waals surface area (Å²) in [5.41, 5.74) is 5.35. The predicted octanol–water partition coefficient (Wildman–Crippen LogP) is 0.182. The molecule has 2 heterocycles. The summed E-state index contributed by atoms with van der Waals surface area (Å²) in [4.78, 5) is 28.1. The predicted molar refractivity (Wildman–Crippen MR) is 76.7 cm³/mol. The fourth-order valence-corrected chi connectivity index (χ4v) is 2.62. The first-order valence-corrected chi connectivity index (χ1v) is 7.39. The molecule has 2 aliphatic rings. The lowest BCUT2D eigenvalue weighted by atomic mass is 10.1. The van der Waals surface area contributed by atoms with Gasteiger partial charge in [0.15, 0.2) is 0 Å². The number of morpholine rings is 1. The van der Waals surface area contributed by atoms with E-state index in [1.54, 1.807) is 25.7 Å². The van der Waals surface area contributed by atoms with Crippen molar-refractivity contribution < 1.29 is 19.1 Å². The average molecular weight is 299 g/mol. The van der Waals surface area contributed by atoms with Gasteiger partial charge in [-0.25, -0.2) is 4.79 Å². The van der Waals surface area contributed by atoms with Crippen LogP contribution in [0.4, 0.5) is 4.79 Å². The van der Waals surface area contributed by atoms with Crippen LogP contribution < -0.4 is 5.73 Å². The summed E-state index contributed by atoms with van der Waals surface area (Å²) in [6.45, 7) is 7.97. The molecule has 0 aromatic heterocycles. The van der Waals surface area contributed by atoms with Gasteiger partial charge in [0, 0.05) is 25.7 Å². The van der Waals surface area contributed by atoms with Crippen LogP contribution in [0.15, 0.2) is 0 Å². The Kier molecular flexibility index (Phi) is 4.73. The zero-order valence-corrected chi connectivity index (χ0v) is 13.0. The largest absolute Gasteiger partial charge is 0.444 e. The standard InChI is InChI=1S/C14H25N3O4/c1-14(2,3)21-13(19)17-9-10(15)8-11(17)12(18)16-4-6-20-7-5-16/h10-11H,4-9,15H2,1-3H3/t10-,11-/m0/s1. The van der Waals surface area contributed by atoms with Gasteiger partial charge in [-0.05, 0) is 27.2 Å². The molecule has 0 aliphatic carbocycles. The van der Waals surface area contributed by atoms with Crippen molar-refractivity contribution >= 4 is 12.0 Å². The van der Waals surface area contributed by atoms with E-state index in [2.05, 4.69) is 0 Å². The zero-order valence-electron chi connectivity index (χ0n) is 13.0. The molecule has 7 nitrogen and oxygen atoms in total. The number of carbonyl (C=O) groups is 2. The van der Waals surface area contributed by atoms with Gasteiger partial charge in [0.1, 0.15) is 11.6 Å². The fraction of sp³-hybridized carbons (Fsp3) is 0.857. The quantitative estimate of drug-likeness (QED) is 0.746. The maximum absolute atomic E-state index is 12.6. The Labute approximate surface area is 125 Å². The summed E-state index contributed by atoms with van der Waals surface area (Å²) < 4.78 is 10.6. The number of carbonyl (C=O) groups excluding carboxylic acids is 2. The number of amides is 2. The number of rotatable bonds is 1. The molecule has 7 heteroatoms. The summed E-state index contributed by atoms with van der Waals surface area (Å²) in [7, 11) is 0. The third-order valence-electron chi connectivity index (χ3n) is 3.57. The van der Waals surface area contributed by atoms with Crippen LogP contribution in [0, 0.1) is 0 Å².